The number of ketones is 2. The van der Waals surface area contributed by atoms with Crippen molar-refractivity contribution in [2.45, 2.75) is 95.8 Å². The molecule has 10 heteroatoms. The Labute approximate surface area is 248 Å². The third-order valence-corrected chi connectivity index (χ3v) is 9.46. The predicted molar refractivity (Wildman–Crippen MR) is 161 cm³/mol. The Hall–Kier alpha value is -2.72. The molecule has 226 valence electrons. The lowest BCUT2D eigenvalue weighted by atomic mass is 9.58. The monoisotopic (exact) mass is 586 g/mol. The van der Waals surface area contributed by atoms with Crippen molar-refractivity contribution in [1.82, 2.24) is 15.5 Å². The van der Waals surface area contributed by atoms with Crippen LogP contribution in [-0.4, -0.2) is 77.4 Å². The molecule has 1 heterocycles. The molecular formula is C31H46N4O5S. The summed E-state index contributed by atoms with van der Waals surface area (Å²) in [6.07, 6.45) is 5.60. The summed E-state index contributed by atoms with van der Waals surface area (Å²) in [5, 5.41) is 5.38. The van der Waals surface area contributed by atoms with E-state index in [1.54, 1.807) is 16.7 Å². The lowest BCUT2D eigenvalue weighted by molar-refractivity contribution is -0.145. The van der Waals surface area contributed by atoms with Crippen LogP contribution in [0, 0.1) is 11.8 Å². The number of unbranched alkanes of at least 4 members (excludes halogenated alkanes) is 1. The van der Waals surface area contributed by atoms with Gasteiger partial charge in [-0.3, -0.25) is 24.0 Å². The summed E-state index contributed by atoms with van der Waals surface area (Å²) in [6.45, 7) is 8.01. The molecule has 1 aliphatic heterocycles. The van der Waals surface area contributed by atoms with Gasteiger partial charge < -0.3 is 21.3 Å². The van der Waals surface area contributed by atoms with Gasteiger partial charge in [0.05, 0.1) is 11.5 Å². The fraction of sp³-hybridized carbons (Fsp3) is 0.645. The molecule has 0 aromatic heterocycles. The zero-order chi connectivity index (χ0) is 30.3. The van der Waals surface area contributed by atoms with Gasteiger partial charge in [0.1, 0.15) is 17.9 Å². The molecule has 2 aliphatic rings. The van der Waals surface area contributed by atoms with Crippen molar-refractivity contribution >= 4 is 41.6 Å². The number of amides is 3. The number of rotatable bonds is 15. The van der Waals surface area contributed by atoms with Crippen molar-refractivity contribution in [2.24, 2.45) is 17.6 Å². The van der Waals surface area contributed by atoms with Crippen molar-refractivity contribution in [3.05, 3.63) is 35.4 Å². The standard InChI is InChI=1S/C31H46N4O5S/c1-19(2)27(37)23(12-8-9-14-32)31(4)22-11-7-6-10-21(22)17-26(28(31)38)35-20(3)16-25(30(35)40)34-29(39)24(33-18-36)13-15-41-5/h6-7,10-11,18-20,23-26H,8-9,12-17,32H2,1-5H3,(H,33,36)(H,34,39). The summed E-state index contributed by atoms with van der Waals surface area (Å²) >= 11 is 1.56. The predicted octanol–water partition coefficient (Wildman–Crippen LogP) is 2.38. The second-order valence-corrected chi connectivity index (χ2v) is 12.8. The number of carbonyl (C=O) groups excluding carboxylic acids is 5. The van der Waals surface area contributed by atoms with Gasteiger partial charge in [-0.25, -0.2) is 0 Å². The molecule has 3 amide bonds. The molecule has 0 spiro atoms. The maximum Gasteiger partial charge on any atom is 0.246 e. The van der Waals surface area contributed by atoms with Gasteiger partial charge >= 0.3 is 0 Å². The number of likely N-dealkylation sites (tertiary alicyclic amines) is 1. The van der Waals surface area contributed by atoms with E-state index in [4.69, 9.17) is 5.73 Å². The molecule has 1 aromatic carbocycles. The summed E-state index contributed by atoms with van der Waals surface area (Å²) in [6, 6.07) is 5.17. The molecule has 41 heavy (non-hydrogen) atoms. The number of Topliss-reactive ketones (excluding diaryl/α,β-unsaturated/α-hetero) is 2. The molecular weight excluding hydrogens is 540 g/mol. The zero-order valence-corrected chi connectivity index (χ0v) is 25.8. The number of fused-ring (bicyclic) bond motifs is 1. The molecule has 0 bridgehead atoms. The van der Waals surface area contributed by atoms with Crippen molar-refractivity contribution in [2.75, 3.05) is 18.6 Å². The van der Waals surface area contributed by atoms with Crippen LogP contribution in [0.2, 0.25) is 0 Å². The van der Waals surface area contributed by atoms with Crippen LogP contribution < -0.4 is 16.4 Å². The van der Waals surface area contributed by atoms with E-state index in [0.29, 0.717) is 44.4 Å². The summed E-state index contributed by atoms with van der Waals surface area (Å²) < 4.78 is 0. The third-order valence-electron chi connectivity index (χ3n) is 8.81. The van der Waals surface area contributed by atoms with Gasteiger partial charge in [-0.2, -0.15) is 11.8 Å². The number of hydrogen-bond donors (Lipinski definition) is 3. The number of nitrogens with zero attached hydrogens (tertiary/aromatic N) is 1. The van der Waals surface area contributed by atoms with Crippen LogP contribution in [0.15, 0.2) is 24.3 Å². The highest BCUT2D eigenvalue weighted by molar-refractivity contribution is 7.98. The average Bonchev–Trinajstić information content (AvgIpc) is 3.22. The van der Waals surface area contributed by atoms with Crippen LogP contribution in [0.3, 0.4) is 0 Å². The lowest BCUT2D eigenvalue weighted by Gasteiger charge is -2.46. The van der Waals surface area contributed by atoms with E-state index in [1.807, 2.05) is 58.2 Å². The van der Waals surface area contributed by atoms with Gasteiger partial charge in [-0.05, 0) is 69.2 Å². The first-order valence-electron chi connectivity index (χ1n) is 14.7. The second-order valence-electron chi connectivity index (χ2n) is 11.8. The fourth-order valence-corrected chi connectivity index (χ4v) is 7.07. The molecule has 6 atom stereocenters. The first-order valence-corrected chi connectivity index (χ1v) is 16.1. The molecule has 1 saturated heterocycles. The van der Waals surface area contributed by atoms with E-state index >= 15 is 0 Å². The number of nitrogens with two attached hydrogens (primary N) is 1. The number of thioether (sulfide) groups is 1. The molecule has 9 nitrogen and oxygen atoms in total. The topological polar surface area (TPSA) is 139 Å². The Bertz CT molecular complexity index is 1130. The van der Waals surface area contributed by atoms with Crippen LogP contribution >= 0.6 is 11.8 Å². The highest BCUT2D eigenvalue weighted by Gasteiger charge is 2.55. The Kier molecular flexibility index (Phi) is 11.6. The molecule has 0 saturated carbocycles. The third kappa shape index (κ3) is 6.85. The van der Waals surface area contributed by atoms with Crippen LogP contribution in [0.4, 0.5) is 0 Å². The first-order chi connectivity index (χ1) is 19.5. The highest BCUT2D eigenvalue weighted by Crippen LogP contribution is 2.45. The summed E-state index contributed by atoms with van der Waals surface area (Å²) in [7, 11) is 0. The second kappa shape index (κ2) is 14.4. The Morgan fingerprint density at radius 1 is 1.20 bits per heavy atom. The number of carbonyl (C=O) groups is 5. The molecule has 6 unspecified atom stereocenters. The van der Waals surface area contributed by atoms with Gasteiger partial charge in [0.25, 0.3) is 0 Å². The van der Waals surface area contributed by atoms with Crippen molar-refractivity contribution in [3.63, 3.8) is 0 Å². The van der Waals surface area contributed by atoms with E-state index in [-0.39, 0.29) is 29.4 Å². The van der Waals surface area contributed by atoms with Crippen molar-refractivity contribution in [3.8, 4) is 0 Å². The molecule has 1 aromatic rings. The van der Waals surface area contributed by atoms with Gasteiger partial charge in [0.2, 0.25) is 18.2 Å². The van der Waals surface area contributed by atoms with E-state index < -0.39 is 35.4 Å². The highest BCUT2D eigenvalue weighted by atomic mass is 32.2. The van der Waals surface area contributed by atoms with Crippen LogP contribution in [0.1, 0.15) is 70.9 Å². The van der Waals surface area contributed by atoms with Gasteiger partial charge in [0, 0.05) is 24.3 Å². The quantitative estimate of drug-likeness (QED) is 0.212. The van der Waals surface area contributed by atoms with Crippen molar-refractivity contribution in [1.29, 1.82) is 0 Å². The maximum atomic E-state index is 14.6. The molecule has 1 aliphatic carbocycles. The van der Waals surface area contributed by atoms with E-state index in [1.165, 1.54) is 0 Å². The van der Waals surface area contributed by atoms with Crippen LogP contribution in [0.5, 0.6) is 0 Å². The average molecular weight is 587 g/mol. The zero-order valence-electron chi connectivity index (χ0n) is 25.0. The molecule has 1 fully saturated rings. The lowest BCUT2D eigenvalue weighted by Crippen LogP contribution is -2.60. The Balaban J connectivity index is 1.95. The van der Waals surface area contributed by atoms with E-state index in [2.05, 4.69) is 10.6 Å². The summed E-state index contributed by atoms with van der Waals surface area (Å²) in [5.74, 6) is -0.923. The molecule has 0 radical (unpaired) electrons. The van der Waals surface area contributed by atoms with E-state index in [0.717, 1.165) is 24.0 Å². The maximum absolute atomic E-state index is 14.6. The molecule has 3 rings (SSSR count). The van der Waals surface area contributed by atoms with Gasteiger partial charge in [-0.15, -0.1) is 0 Å². The van der Waals surface area contributed by atoms with E-state index in [9.17, 15) is 24.0 Å². The summed E-state index contributed by atoms with van der Waals surface area (Å²) in [5.41, 5.74) is 6.47. The number of nitrogens with one attached hydrogen (secondary N) is 2. The van der Waals surface area contributed by atoms with Crippen LogP contribution in [0.25, 0.3) is 0 Å². The van der Waals surface area contributed by atoms with Crippen LogP contribution in [-0.2, 0) is 35.8 Å². The van der Waals surface area contributed by atoms with Gasteiger partial charge in [0.15, 0.2) is 5.78 Å². The van der Waals surface area contributed by atoms with Gasteiger partial charge in [-0.1, -0.05) is 44.5 Å². The Morgan fingerprint density at radius 3 is 2.54 bits per heavy atom. The Morgan fingerprint density at radius 2 is 1.90 bits per heavy atom. The largest absolute Gasteiger partial charge is 0.347 e. The van der Waals surface area contributed by atoms with Crippen molar-refractivity contribution < 1.29 is 24.0 Å². The minimum atomic E-state index is -1.10. The SMILES string of the molecule is CSCCC(NC=O)C(=O)NC1CC(C)N(C2Cc3ccccc3C(C)(C(CCCCN)C(=O)C(C)C)C2=O)C1=O. The first kappa shape index (κ1) is 32.8. The number of benzene rings is 1. The summed E-state index contributed by atoms with van der Waals surface area (Å²) in [4.78, 5) is 67.8. The smallest absolute Gasteiger partial charge is 0.246 e. The minimum absolute atomic E-state index is 0.0400. The minimum Gasteiger partial charge on any atom is -0.347 e. The normalized spacial score (nSPS) is 25.5. The fourth-order valence-electron chi connectivity index (χ4n) is 6.59. The number of hydrogen-bond acceptors (Lipinski definition) is 7. The molecule has 4 N–H and O–H groups in total.